The number of rotatable bonds is 3. The quantitative estimate of drug-likeness (QED) is 0.580. The van der Waals surface area contributed by atoms with Crippen molar-refractivity contribution in [3.05, 3.63) is 94.8 Å². The minimum absolute atomic E-state index is 0.144. The van der Waals surface area contributed by atoms with E-state index in [0.717, 1.165) is 16.8 Å². The van der Waals surface area contributed by atoms with Crippen LogP contribution >= 0.6 is 23.4 Å². The van der Waals surface area contributed by atoms with Gasteiger partial charge in [0, 0.05) is 16.3 Å². The van der Waals surface area contributed by atoms with Crippen LogP contribution in [0.4, 0.5) is 15.8 Å². The molecule has 0 aromatic heterocycles. The van der Waals surface area contributed by atoms with Gasteiger partial charge in [-0.1, -0.05) is 48.0 Å². The second kappa shape index (κ2) is 7.15. The molecule has 2 heterocycles. The number of hydrogen-bond donors (Lipinski definition) is 0. The van der Waals surface area contributed by atoms with Crippen molar-refractivity contribution in [3.8, 4) is 0 Å². The van der Waals surface area contributed by atoms with Crippen molar-refractivity contribution < 1.29 is 14.0 Å². The second-order valence-electron chi connectivity index (χ2n) is 7.18. The van der Waals surface area contributed by atoms with Crippen LogP contribution in [0.25, 0.3) is 0 Å². The van der Waals surface area contributed by atoms with Crippen molar-refractivity contribution >= 4 is 46.6 Å². The lowest BCUT2D eigenvalue weighted by Crippen LogP contribution is -2.49. The van der Waals surface area contributed by atoms with E-state index < -0.39 is 10.7 Å². The van der Waals surface area contributed by atoms with E-state index in [1.807, 2.05) is 36.4 Å². The highest BCUT2D eigenvalue weighted by atomic mass is 35.5. The van der Waals surface area contributed by atoms with Crippen LogP contribution in [0.5, 0.6) is 0 Å². The fourth-order valence-electron chi connectivity index (χ4n) is 4.10. The fraction of sp³-hybridized carbons (Fsp3) is 0.130. The molecule has 2 amide bonds. The summed E-state index contributed by atoms with van der Waals surface area (Å²) in [5.74, 6) is -0.740. The summed E-state index contributed by atoms with van der Waals surface area (Å²) in [5.41, 5.74) is 2.79. The zero-order valence-electron chi connectivity index (χ0n) is 15.7. The fourth-order valence-corrected chi connectivity index (χ4v) is 5.59. The molecule has 7 heteroatoms. The number of amides is 2. The first-order valence-electron chi connectivity index (χ1n) is 9.39. The van der Waals surface area contributed by atoms with E-state index in [1.54, 1.807) is 29.2 Å². The number of nitrogens with zero attached hydrogens (tertiary/aromatic N) is 2. The molecule has 1 unspecified atom stereocenters. The van der Waals surface area contributed by atoms with Crippen LogP contribution in [-0.2, 0) is 21.0 Å². The Bertz CT molecular complexity index is 1170. The first-order chi connectivity index (χ1) is 14.5. The van der Waals surface area contributed by atoms with E-state index >= 15 is 0 Å². The minimum atomic E-state index is -1.24. The monoisotopic (exact) mass is 438 g/mol. The molecule has 1 spiro atoms. The highest BCUT2D eigenvalue weighted by Gasteiger charge is 2.60. The first-order valence-corrected chi connectivity index (χ1v) is 10.8. The van der Waals surface area contributed by atoms with Crippen molar-refractivity contribution in [2.45, 2.75) is 11.4 Å². The Morgan fingerprint density at radius 2 is 1.77 bits per heavy atom. The summed E-state index contributed by atoms with van der Waals surface area (Å²) in [7, 11) is 0. The number of anilines is 2. The molecule has 1 fully saturated rings. The lowest BCUT2D eigenvalue weighted by Gasteiger charge is -2.33. The Morgan fingerprint density at radius 1 is 1.00 bits per heavy atom. The number of halogens is 2. The zero-order chi connectivity index (χ0) is 20.9. The van der Waals surface area contributed by atoms with Gasteiger partial charge in [0.1, 0.15) is 5.82 Å². The van der Waals surface area contributed by atoms with Gasteiger partial charge in [0.15, 0.2) is 0 Å². The number of carbonyl (C=O) groups is 2. The number of hydrogen-bond acceptors (Lipinski definition) is 3. The van der Waals surface area contributed by atoms with Gasteiger partial charge in [-0.25, -0.2) is 4.39 Å². The Labute approximate surface area is 182 Å². The summed E-state index contributed by atoms with van der Waals surface area (Å²) in [5, 5.41) is 0.623. The lowest BCUT2D eigenvalue weighted by molar-refractivity contribution is -0.123. The molecule has 30 heavy (non-hydrogen) atoms. The Balaban J connectivity index is 1.64. The molecule has 0 bridgehead atoms. The Kier molecular flexibility index (Phi) is 4.56. The molecule has 0 saturated carbocycles. The zero-order valence-corrected chi connectivity index (χ0v) is 17.3. The minimum Gasteiger partial charge on any atom is -0.304 e. The maximum atomic E-state index is 14.0. The van der Waals surface area contributed by atoms with Gasteiger partial charge in [0.25, 0.3) is 5.91 Å². The summed E-state index contributed by atoms with van der Waals surface area (Å²) in [6.45, 7) is 0.348. The number of carbonyl (C=O) groups excluding carboxylic acids is 2. The molecule has 0 N–H and O–H groups in total. The number of benzene rings is 3. The van der Waals surface area contributed by atoms with E-state index in [1.165, 1.54) is 28.8 Å². The van der Waals surface area contributed by atoms with Crippen LogP contribution < -0.4 is 9.80 Å². The maximum Gasteiger partial charge on any atom is 0.269 e. The molecule has 0 radical (unpaired) electrons. The van der Waals surface area contributed by atoms with Crippen LogP contribution in [0.1, 0.15) is 11.1 Å². The van der Waals surface area contributed by atoms with E-state index in [4.69, 9.17) is 11.6 Å². The Hall–Kier alpha value is -2.83. The van der Waals surface area contributed by atoms with Gasteiger partial charge in [0.2, 0.25) is 10.8 Å². The topological polar surface area (TPSA) is 40.6 Å². The third-order valence-corrected chi connectivity index (χ3v) is 7.02. The third-order valence-electron chi connectivity index (χ3n) is 5.38. The predicted molar refractivity (Wildman–Crippen MR) is 117 cm³/mol. The summed E-state index contributed by atoms with van der Waals surface area (Å²) in [6, 6.07) is 20.6. The van der Waals surface area contributed by atoms with Crippen LogP contribution in [-0.4, -0.2) is 17.6 Å². The predicted octanol–water partition coefficient (Wildman–Crippen LogP) is 4.96. The van der Waals surface area contributed by atoms with Gasteiger partial charge in [-0.3, -0.25) is 14.5 Å². The van der Waals surface area contributed by atoms with Crippen molar-refractivity contribution in [1.82, 2.24) is 0 Å². The van der Waals surface area contributed by atoms with Crippen molar-refractivity contribution in [2.75, 3.05) is 15.6 Å². The molecule has 5 rings (SSSR count). The van der Waals surface area contributed by atoms with Gasteiger partial charge in [-0.15, -0.1) is 11.8 Å². The average Bonchev–Trinajstić information content (AvgIpc) is 3.21. The van der Waals surface area contributed by atoms with Gasteiger partial charge in [-0.05, 0) is 42.0 Å². The van der Waals surface area contributed by atoms with Gasteiger partial charge >= 0.3 is 0 Å². The van der Waals surface area contributed by atoms with Gasteiger partial charge < -0.3 is 4.90 Å². The number of thioether (sulfide) groups is 1. The molecular formula is C23H16ClFN2O2S. The molecule has 4 nitrogen and oxygen atoms in total. The molecular weight excluding hydrogens is 423 g/mol. The molecule has 3 aromatic carbocycles. The summed E-state index contributed by atoms with van der Waals surface area (Å²) < 4.78 is 14.0. The molecule has 1 saturated heterocycles. The molecule has 1 atom stereocenters. The van der Waals surface area contributed by atoms with Crippen LogP contribution in [0.15, 0.2) is 72.8 Å². The van der Waals surface area contributed by atoms with Crippen LogP contribution in [0, 0.1) is 5.82 Å². The van der Waals surface area contributed by atoms with Crippen molar-refractivity contribution in [2.24, 2.45) is 0 Å². The SMILES string of the molecule is O=C1CSC2(C(=O)N(Cc3ccc(Cl)cc3)c3ccccc32)N1c1cccc(F)c1. The molecule has 2 aliphatic rings. The van der Waals surface area contributed by atoms with Crippen LogP contribution in [0.2, 0.25) is 5.02 Å². The number of para-hydroxylation sites is 1. The summed E-state index contributed by atoms with van der Waals surface area (Å²) >= 11 is 7.27. The highest BCUT2D eigenvalue weighted by molar-refractivity contribution is 8.02. The molecule has 0 aliphatic carbocycles. The average molecular weight is 439 g/mol. The van der Waals surface area contributed by atoms with Crippen LogP contribution in [0.3, 0.4) is 0 Å². The van der Waals surface area contributed by atoms with E-state index in [2.05, 4.69) is 0 Å². The normalized spacial score (nSPS) is 20.3. The highest BCUT2D eigenvalue weighted by Crippen LogP contribution is 2.55. The summed E-state index contributed by atoms with van der Waals surface area (Å²) in [4.78, 5) is 28.7. The van der Waals surface area contributed by atoms with E-state index in [0.29, 0.717) is 17.3 Å². The smallest absolute Gasteiger partial charge is 0.269 e. The molecule has 2 aliphatic heterocycles. The van der Waals surface area contributed by atoms with Crippen molar-refractivity contribution in [3.63, 3.8) is 0 Å². The van der Waals surface area contributed by atoms with Gasteiger partial charge in [0.05, 0.1) is 18.0 Å². The van der Waals surface area contributed by atoms with E-state index in [-0.39, 0.29) is 17.6 Å². The Morgan fingerprint density at radius 3 is 2.53 bits per heavy atom. The lowest BCUT2D eigenvalue weighted by atomic mass is 10.0. The summed E-state index contributed by atoms with van der Waals surface area (Å²) in [6.07, 6.45) is 0. The third kappa shape index (κ3) is 2.82. The maximum absolute atomic E-state index is 14.0. The second-order valence-corrected chi connectivity index (χ2v) is 8.78. The number of fused-ring (bicyclic) bond motifs is 2. The molecule has 150 valence electrons. The van der Waals surface area contributed by atoms with Gasteiger partial charge in [-0.2, -0.15) is 0 Å². The standard InChI is InChI=1S/C23H16ClFN2O2S/c24-16-10-8-15(9-11-16)13-26-20-7-2-1-6-19(20)23(22(26)29)27(21(28)14-30-23)18-5-3-4-17(25)12-18/h1-12H,13-14H2. The first kappa shape index (κ1) is 19.2. The van der Waals surface area contributed by atoms with Crippen molar-refractivity contribution in [1.29, 1.82) is 0 Å². The molecule has 3 aromatic rings. The van der Waals surface area contributed by atoms with E-state index in [9.17, 15) is 14.0 Å². The largest absolute Gasteiger partial charge is 0.304 e.